The third kappa shape index (κ3) is 4.21. The van der Waals surface area contributed by atoms with Crippen LogP contribution in [0.25, 0.3) is 0 Å². The van der Waals surface area contributed by atoms with E-state index in [0.717, 1.165) is 6.07 Å². The summed E-state index contributed by atoms with van der Waals surface area (Å²) in [4.78, 5) is 24.5. The molecule has 0 saturated heterocycles. The standard InChI is InChI=1S/C19H15F3N4O3/c1-26-9-12(19(25-26)29-2)18(28)23-11-5-3-10(4-6-11)17(27)24-14-8-7-13(20)15(21)16(14)22/h3-9H,1-2H3,(H,23,28)(H,24,27). The molecule has 3 rings (SSSR count). The average Bonchev–Trinajstić information content (AvgIpc) is 3.10. The predicted octanol–water partition coefficient (Wildman–Crippen LogP) is 3.35. The molecule has 29 heavy (non-hydrogen) atoms. The fraction of sp³-hybridized carbons (Fsp3) is 0.105. The highest BCUT2D eigenvalue weighted by Crippen LogP contribution is 2.21. The molecule has 1 heterocycles. The van der Waals surface area contributed by atoms with Gasteiger partial charge in [-0.3, -0.25) is 14.3 Å². The van der Waals surface area contributed by atoms with Crippen LogP contribution in [0.1, 0.15) is 20.7 Å². The van der Waals surface area contributed by atoms with Gasteiger partial charge in [0.05, 0.1) is 12.8 Å². The first kappa shape index (κ1) is 19.9. The summed E-state index contributed by atoms with van der Waals surface area (Å²) < 4.78 is 46.4. The van der Waals surface area contributed by atoms with Crippen LogP contribution in [0, 0.1) is 17.5 Å². The lowest BCUT2D eigenvalue weighted by molar-refractivity contribution is 0.101. The van der Waals surface area contributed by atoms with Crippen molar-refractivity contribution < 1.29 is 27.5 Å². The van der Waals surface area contributed by atoms with Gasteiger partial charge in [0.1, 0.15) is 5.56 Å². The van der Waals surface area contributed by atoms with Gasteiger partial charge in [-0.15, -0.1) is 5.10 Å². The molecule has 1 aromatic heterocycles. The first-order valence-corrected chi connectivity index (χ1v) is 8.24. The number of nitrogens with zero attached hydrogens (tertiary/aromatic N) is 2. The van der Waals surface area contributed by atoms with Crippen LogP contribution < -0.4 is 15.4 Å². The van der Waals surface area contributed by atoms with Crippen molar-refractivity contribution in [2.45, 2.75) is 0 Å². The van der Waals surface area contributed by atoms with E-state index in [2.05, 4.69) is 15.7 Å². The number of aromatic nitrogens is 2. The minimum Gasteiger partial charge on any atom is -0.479 e. The summed E-state index contributed by atoms with van der Waals surface area (Å²) in [7, 11) is 3.03. The van der Waals surface area contributed by atoms with Gasteiger partial charge in [0.15, 0.2) is 17.5 Å². The Kier molecular flexibility index (Phi) is 5.53. The van der Waals surface area contributed by atoms with Gasteiger partial charge in [-0.1, -0.05) is 0 Å². The quantitative estimate of drug-likeness (QED) is 0.639. The van der Waals surface area contributed by atoms with Crippen molar-refractivity contribution in [3.63, 3.8) is 0 Å². The lowest BCUT2D eigenvalue weighted by atomic mass is 10.1. The van der Waals surface area contributed by atoms with Gasteiger partial charge in [-0.05, 0) is 36.4 Å². The fourth-order valence-corrected chi connectivity index (χ4v) is 2.49. The minimum absolute atomic E-state index is 0.117. The number of halogens is 3. The van der Waals surface area contributed by atoms with Crippen LogP contribution in [0.15, 0.2) is 42.6 Å². The number of ether oxygens (including phenoxy) is 1. The zero-order chi connectivity index (χ0) is 21.1. The third-order valence-corrected chi connectivity index (χ3v) is 3.92. The van der Waals surface area contributed by atoms with E-state index in [1.807, 2.05) is 0 Å². The molecule has 0 bridgehead atoms. The van der Waals surface area contributed by atoms with Crippen molar-refractivity contribution in [2.75, 3.05) is 17.7 Å². The van der Waals surface area contributed by atoms with Crippen LogP contribution in [0.2, 0.25) is 0 Å². The Morgan fingerprint density at radius 3 is 2.31 bits per heavy atom. The Labute approximate surface area is 163 Å². The van der Waals surface area contributed by atoms with Crippen molar-refractivity contribution >= 4 is 23.2 Å². The number of benzene rings is 2. The van der Waals surface area contributed by atoms with Gasteiger partial charge in [-0.25, -0.2) is 13.2 Å². The van der Waals surface area contributed by atoms with E-state index in [4.69, 9.17) is 4.74 Å². The summed E-state index contributed by atoms with van der Waals surface area (Å²) in [5.41, 5.74) is 0.239. The molecular weight excluding hydrogens is 389 g/mol. The van der Waals surface area contributed by atoms with E-state index < -0.39 is 35.0 Å². The highest BCUT2D eigenvalue weighted by Gasteiger charge is 2.18. The smallest absolute Gasteiger partial charge is 0.262 e. The zero-order valence-corrected chi connectivity index (χ0v) is 15.3. The van der Waals surface area contributed by atoms with Crippen molar-refractivity contribution in [3.8, 4) is 5.88 Å². The Bertz CT molecular complexity index is 1080. The van der Waals surface area contributed by atoms with Gasteiger partial charge < -0.3 is 15.4 Å². The second-order valence-corrected chi connectivity index (χ2v) is 5.93. The Morgan fingerprint density at radius 1 is 0.966 bits per heavy atom. The molecule has 0 aliphatic carbocycles. The van der Waals surface area contributed by atoms with Gasteiger partial charge >= 0.3 is 0 Å². The Morgan fingerprint density at radius 2 is 1.66 bits per heavy atom. The van der Waals surface area contributed by atoms with Crippen molar-refractivity contribution in [3.05, 3.63) is 71.2 Å². The summed E-state index contributed by atoms with van der Waals surface area (Å²) in [5, 5.41) is 8.78. The summed E-state index contributed by atoms with van der Waals surface area (Å²) in [5.74, 6) is -5.56. The number of methoxy groups -OCH3 is 1. The molecule has 2 aromatic carbocycles. The van der Waals surface area contributed by atoms with Crippen LogP contribution in [-0.4, -0.2) is 28.7 Å². The third-order valence-electron chi connectivity index (χ3n) is 3.92. The van der Waals surface area contributed by atoms with Crippen LogP contribution >= 0.6 is 0 Å². The lowest BCUT2D eigenvalue weighted by Crippen LogP contribution is -2.15. The van der Waals surface area contributed by atoms with Crippen LogP contribution in [-0.2, 0) is 7.05 Å². The maximum Gasteiger partial charge on any atom is 0.262 e. The van der Waals surface area contributed by atoms with E-state index in [1.54, 1.807) is 7.05 Å². The van der Waals surface area contributed by atoms with Crippen molar-refractivity contribution in [1.29, 1.82) is 0 Å². The molecule has 0 aliphatic heterocycles. The van der Waals surface area contributed by atoms with E-state index in [-0.39, 0.29) is 17.0 Å². The minimum atomic E-state index is -1.67. The molecule has 3 aromatic rings. The molecule has 0 spiro atoms. The normalized spacial score (nSPS) is 10.5. The molecular formula is C19H15F3N4O3. The monoisotopic (exact) mass is 404 g/mol. The number of nitrogens with one attached hydrogen (secondary N) is 2. The lowest BCUT2D eigenvalue weighted by Gasteiger charge is -2.09. The number of amides is 2. The average molecular weight is 404 g/mol. The molecule has 7 nitrogen and oxygen atoms in total. The van der Waals surface area contributed by atoms with E-state index >= 15 is 0 Å². The molecule has 0 atom stereocenters. The Balaban J connectivity index is 1.70. The van der Waals surface area contributed by atoms with Gasteiger partial charge in [0.25, 0.3) is 11.8 Å². The molecule has 0 aliphatic rings. The Hall–Kier alpha value is -3.82. The van der Waals surface area contributed by atoms with Crippen molar-refractivity contribution in [1.82, 2.24) is 9.78 Å². The molecule has 0 fully saturated rings. The molecule has 0 saturated carbocycles. The van der Waals surface area contributed by atoms with E-state index in [9.17, 15) is 22.8 Å². The topological polar surface area (TPSA) is 85.2 Å². The van der Waals surface area contributed by atoms with Crippen LogP contribution in [0.5, 0.6) is 5.88 Å². The second-order valence-electron chi connectivity index (χ2n) is 5.93. The first-order valence-electron chi connectivity index (χ1n) is 8.24. The maximum absolute atomic E-state index is 13.7. The number of hydrogen-bond donors (Lipinski definition) is 2. The highest BCUT2D eigenvalue weighted by molar-refractivity contribution is 6.07. The predicted molar refractivity (Wildman–Crippen MR) is 98.4 cm³/mol. The highest BCUT2D eigenvalue weighted by atomic mass is 19.2. The maximum atomic E-state index is 13.7. The number of hydrogen-bond acceptors (Lipinski definition) is 4. The molecule has 2 N–H and O–H groups in total. The summed E-state index contributed by atoms with van der Waals surface area (Å²) in [6, 6.07) is 7.29. The zero-order valence-electron chi connectivity index (χ0n) is 15.3. The van der Waals surface area contributed by atoms with Gasteiger partial charge in [0, 0.05) is 24.5 Å². The number of anilines is 2. The van der Waals surface area contributed by atoms with Gasteiger partial charge in [0.2, 0.25) is 5.88 Å². The molecule has 2 amide bonds. The first-order chi connectivity index (χ1) is 13.8. The number of carbonyl (C=O) groups excluding carboxylic acids is 2. The summed E-state index contributed by atoms with van der Waals surface area (Å²) >= 11 is 0. The second kappa shape index (κ2) is 8.05. The van der Waals surface area contributed by atoms with Crippen LogP contribution in [0.4, 0.5) is 24.5 Å². The van der Waals surface area contributed by atoms with Gasteiger partial charge in [-0.2, -0.15) is 0 Å². The number of carbonyl (C=O) groups is 2. The number of rotatable bonds is 5. The fourth-order valence-electron chi connectivity index (χ4n) is 2.49. The van der Waals surface area contributed by atoms with E-state index in [1.165, 1.54) is 42.3 Å². The van der Waals surface area contributed by atoms with Crippen molar-refractivity contribution in [2.24, 2.45) is 7.05 Å². The van der Waals surface area contributed by atoms with Crippen LogP contribution in [0.3, 0.4) is 0 Å². The summed E-state index contributed by atoms with van der Waals surface area (Å²) in [6.07, 6.45) is 1.49. The summed E-state index contributed by atoms with van der Waals surface area (Å²) in [6.45, 7) is 0. The number of aryl methyl sites for hydroxylation is 1. The molecule has 0 radical (unpaired) electrons. The SMILES string of the molecule is COc1nn(C)cc1C(=O)Nc1ccc(C(=O)Nc2ccc(F)c(F)c2F)cc1. The molecule has 0 unspecified atom stereocenters. The molecule has 10 heteroatoms. The largest absolute Gasteiger partial charge is 0.479 e. The molecule has 150 valence electrons. The van der Waals surface area contributed by atoms with E-state index in [0.29, 0.717) is 11.8 Å².